The maximum Gasteiger partial charge on any atom is 0.353 e. The Labute approximate surface area is 160 Å². The van der Waals surface area contributed by atoms with Crippen LogP contribution in [0.25, 0.3) is 0 Å². The van der Waals surface area contributed by atoms with Crippen molar-refractivity contribution in [1.82, 2.24) is 10.2 Å². The summed E-state index contributed by atoms with van der Waals surface area (Å²) < 4.78 is 0. The second-order valence-electron chi connectivity index (χ2n) is 7.91. The van der Waals surface area contributed by atoms with Gasteiger partial charge in [0.15, 0.2) is 0 Å². The van der Waals surface area contributed by atoms with Crippen LogP contribution in [0, 0.1) is 17.8 Å². The Bertz CT molecular complexity index is 741. The van der Waals surface area contributed by atoms with E-state index in [2.05, 4.69) is 5.32 Å². The number of hydrogen-bond donors (Lipinski definition) is 5. The summed E-state index contributed by atoms with van der Waals surface area (Å²) >= 11 is 1.40. The van der Waals surface area contributed by atoms with Gasteiger partial charge >= 0.3 is 5.97 Å². The van der Waals surface area contributed by atoms with E-state index in [4.69, 9.17) is 11.5 Å². The third kappa shape index (κ3) is 2.86. The molecule has 7 N–H and O–H groups in total. The summed E-state index contributed by atoms with van der Waals surface area (Å²) in [5, 5.41) is 23.0. The average Bonchev–Trinajstić information content (AvgIpc) is 3.19. The van der Waals surface area contributed by atoms with Crippen molar-refractivity contribution in [2.24, 2.45) is 29.2 Å². The van der Waals surface area contributed by atoms with Gasteiger partial charge in [0.2, 0.25) is 11.8 Å². The molecule has 0 aromatic heterocycles. The fraction of sp³-hybridized carbons (Fsp3) is 0.706. The predicted molar refractivity (Wildman–Crippen MR) is 97.0 cm³/mol. The van der Waals surface area contributed by atoms with Gasteiger partial charge in [0.1, 0.15) is 5.70 Å². The van der Waals surface area contributed by atoms with Crippen LogP contribution in [-0.4, -0.2) is 68.9 Å². The summed E-state index contributed by atoms with van der Waals surface area (Å²) in [6, 6.07) is -0.925. The van der Waals surface area contributed by atoms with Crippen LogP contribution in [0.3, 0.4) is 0 Å². The number of nitrogens with two attached hydrogens (primary N) is 2. The van der Waals surface area contributed by atoms with Crippen molar-refractivity contribution in [1.29, 1.82) is 0 Å². The lowest BCUT2D eigenvalue weighted by molar-refractivity contribution is -0.161. The summed E-state index contributed by atoms with van der Waals surface area (Å²) in [5.74, 6) is -2.31. The standard InChI is InChI=1S/C17H24N4O5S/c1-5(22)10-12-11(18)14(13(17(25)26)21(12)16(10)24)27-6-2-9(20-4-6)7-3-8(7)15(19)23/h5-12,20,22H,2-4,18H2,1H3,(H2,19,23)(H,25,26)/t5-,6+,7?,8?,9+,10?,11-,12+/m1/s1. The number of carboxylic acids is 1. The number of hydrogen-bond acceptors (Lipinski definition) is 7. The number of amides is 2. The van der Waals surface area contributed by atoms with Gasteiger partial charge in [-0.15, -0.1) is 11.8 Å². The van der Waals surface area contributed by atoms with E-state index in [0.29, 0.717) is 11.4 Å². The number of thioether (sulfide) groups is 1. The number of rotatable bonds is 6. The number of aliphatic hydroxyl groups excluding tert-OH is 1. The van der Waals surface area contributed by atoms with Gasteiger partial charge < -0.3 is 27.0 Å². The number of β-lactam (4-membered cyclic amide) rings is 1. The van der Waals surface area contributed by atoms with Gasteiger partial charge in [-0.2, -0.15) is 0 Å². The molecular weight excluding hydrogens is 372 g/mol. The highest BCUT2D eigenvalue weighted by atomic mass is 32.2. The maximum atomic E-state index is 12.3. The van der Waals surface area contributed by atoms with E-state index in [1.807, 2.05) is 0 Å². The SMILES string of the molecule is C[C@@H](O)C1C(=O)N2C(C(=O)O)=C(S[C@@H]3CN[C@H](C4CC4C(N)=O)C3)[C@H](N)[C@H]12. The molecule has 3 aliphatic heterocycles. The van der Waals surface area contributed by atoms with E-state index in [-0.39, 0.29) is 40.6 Å². The highest BCUT2D eigenvalue weighted by Crippen LogP contribution is 2.49. The molecule has 9 nitrogen and oxygen atoms in total. The Hall–Kier alpha value is -1.62. The third-order valence-electron chi connectivity index (χ3n) is 6.20. The lowest BCUT2D eigenvalue weighted by atomic mass is 9.81. The number of aliphatic hydroxyl groups is 1. The van der Waals surface area contributed by atoms with Gasteiger partial charge in [0, 0.05) is 28.7 Å². The van der Waals surface area contributed by atoms with Crippen molar-refractivity contribution >= 4 is 29.5 Å². The zero-order chi connectivity index (χ0) is 19.6. The number of nitrogens with zero attached hydrogens (tertiary/aromatic N) is 1. The van der Waals surface area contributed by atoms with Crippen LogP contribution in [0.1, 0.15) is 19.8 Å². The van der Waals surface area contributed by atoms with Crippen LogP contribution in [0.5, 0.6) is 0 Å². The van der Waals surface area contributed by atoms with Crippen LogP contribution < -0.4 is 16.8 Å². The molecule has 0 aromatic rings. The summed E-state index contributed by atoms with van der Waals surface area (Å²) in [4.78, 5) is 37.1. The number of primary amides is 1. The summed E-state index contributed by atoms with van der Waals surface area (Å²) in [5.41, 5.74) is 11.6. The zero-order valence-electron chi connectivity index (χ0n) is 14.9. The fourth-order valence-corrected chi connectivity index (χ4v) is 6.19. The molecule has 0 aromatic carbocycles. The van der Waals surface area contributed by atoms with Gasteiger partial charge in [-0.25, -0.2) is 4.79 Å². The molecule has 148 valence electrons. The Morgan fingerprint density at radius 3 is 2.63 bits per heavy atom. The predicted octanol–water partition coefficient (Wildman–Crippen LogP) is -1.58. The molecule has 0 bridgehead atoms. The van der Waals surface area contributed by atoms with E-state index in [9.17, 15) is 24.6 Å². The first-order valence-electron chi connectivity index (χ1n) is 9.15. The van der Waals surface area contributed by atoms with Gasteiger partial charge in [-0.3, -0.25) is 14.5 Å². The number of carbonyl (C=O) groups is 3. The Morgan fingerprint density at radius 2 is 2.07 bits per heavy atom. The molecule has 3 heterocycles. The molecule has 3 unspecified atom stereocenters. The number of nitrogens with one attached hydrogen (secondary N) is 1. The molecule has 1 aliphatic carbocycles. The minimum atomic E-state index is -1.17. The molecule has 0 radical (unpaired) electrons. The summed E-state index contributed by atoms with van der Waals surface area (Å²) in [6.45, 7) is 2.20. The minimum Gasteiger partial charge on any atom is -0.477 e. The monoisotopic (exact) mass is 396 g/mol. The minimum absolute atomic E-state index is 0.0516. The number of carboxylic acid groups (broad SMARTS) is 1. The van der Waals surface area contributed by atoms with E-state index < -0.39 is 30.1 Å². The van der Waals surface area contributed by atoms with E-state index in [0.717, 1.165) is 12.8 Å². The fourth-order valence-electron chi connectivity index (χ4n) is 4.76. The van der Waals surface area contributed by atoms with Crippen LogP contribution in [0.4, 0.5) is 0 Å². The maximum absolute atomic E-state index is 12.3. The Kier molecular flexibility index (Phi) is 4.49. The number of aliphatic carboxylic acids is 1. The first-order valence-corrected chi connectivity index (χ1v) is 10.0. The molecule has 2 saturated heterocycles. The van der Waals surface area contributed by atoms with Crippen LogP contribution in [-0.2, 0) is 14.4 Å². The van der Waals surface area contributed by atoms with Crippen molar-refractivity contribution < 1.29 is 24.6 Å². The smallest absolute Gasteiger partial charge is 0.353 e. The molecule has 1 saturated carbocycles. The zero-order valence-corrected chi connectivity index (χ0v) is 15.7. The van der Waals surface area contributed by atoms with Gasteiger partial charge in [0.25, 0.3) is 0 Å². The first-order chi connectivity index (χ1) is 12.7. The topological polar surface area (TPSA) is 159 Å². The molecule has 4 aliphatic rings. The average molecular weight is 396 g/mol. The second-order valence-corrected chi connectivity index (χ2v) is 9.25. The summed E-state index contributed by atoms with van der Waals surface area (Å²) in [6.07, 6.45) is 0.718. The lowest BCUT2D eigenvalue weighted by Crippen LogP contribution is -2.66. The highest BCUT2D eigenvalue weighted by Gasteiger charge is 2.61. The summed E-state index contributed by atoms with van der Waals surface area (Å²) in [7, 11) is 0. The van der Waals surface area contributed by atoms with Crippen molar-refractivity contribution in [3.63, 3.8) is 0 Å². The van der Waals surface area contributed by atoms with Crippen molar-refractivity contribution in [2.45, 2.75) is 49.2 Å². The van der Waals surface area contributed by atoms with Crippen LogP contribution in [0.2, 0.25) is 0 Å². The third-order valence-corrected chi connectivity index (χ3v) is 7.61. The van der Waals surface area contributed by atoms with Crippen molar-refractivity contribution in [2.75, 3.05) is 6.54 Å². The molecule has 27 heavy (non-hydrogen) atoms. The quantitative estimate of drug-likeness (QED) is 0.336. The number of carbonyl (C=O) groups excluding carboxylic acids is 2. The van der Waals surface area contributed by atoms with Gasteiger partial charge in [0.05, 0.1) is 24.1 Å². The Morgan fingerprint density at radius 1 is 1.37 bits per heavy atom. The molecule has 4 rings (SSSR count). The first kappa shape index (κ1) is 18.7. The second kappa shape index (κ2) is 6.47. The van der Waals surface area contributed by atoms with E-state index in [1.54, 1.807) is 0 Å². The normalized spacial score (nSPS) is 41.4. The molecule has 8 atom stereocenters. The van der Waals surface area contributed by atoms with Crippen molar-refractivity contribution in [3.05, 3.63) is 10.6 Å². The molecular formula is C17H24N4O5S. The van der Waals surface area contributed by atoms with Crippen molar-refractivity contribution in [3.8, 4) is 0 Å². The van der Waals surface area contributed by atoms with Gasteiger partial charge in [-0.1, -0.05) is 0 Å². The molecule has 10 heteroatoms. The molecule has 0 spiro atoms. The lowest BCUT2D eigenvalue weighted by Gasteiger charge is -2.46. The van der Waals surface area contributed by atoms with Gasteiger partial charge in [-0.05, 0) is 25.7 Å². The largest absolute Gasteiger partial charge is 0.477 e. The van der Waals surface area contributed by atoms with Crippen LogP contribution in [0.15, 0.2) is 10.6 Å². The van der Waals surface area contributed by atoms with Crippen LogP contribution >= 0.6 is 11.8 Å². The molecule has 2 amide bonds. The molecule has 3 fully saturated rings. The van der Waals surface area contributed by atoms with E-state index >= 15 is 0 Å². The number of fused-ring (bicyclic) bond motifs is 1. The highest BCUT2D eigenvalue weighted by molar-refractivity contribution is 8.03. The van der Waals surface area contributed by atoms with E-state index in [1.165, 1.54) is 23.6 Å². The Balaban J connectivity index is 1.48.